The van der Waals surface area contributed by atoms with E-state index in [0.717, 1.165) is 82.0 Å². The van der Waals surface area contributed by atoms with Gasteiger partial charge in [0.15, 0.2) is 0 Å². The second-order valence-electron chi connectivity index (χ2n) is 14.2. The van der Waals surface area contributed by atoms with Gasteiger partial charge in [0.25, 0.3) is 0 Å². The molecule has 0 aliphatic rings. The Hall–Kier alpha value is -8.02. The minimum atomic E-state index is 0.287. The molecule has 3 heterocycles. The number of hydrogen-bond acceptors (Lipinski definition) is 4. The largest absolute Gasteiger partial charge is 0.308 e. The number of allylic oxidation sites excluding steroid dienone is 5. The molecule has 3 aromatic heterocycles. The van der Waals surface area contributed by atoms with Crippen molar-refractivity contribution < 1.29 is 0 Å². The first-order valence-electron chi connectivity index (χ1n) is 19.2. The van der Waals surface area contributed by atoms with Gasteiger partial charge >= 0.3 is 0 Å². The molecule has 0 saturated carbocycles. The number of fused-ring (bicyclic) bond motifs is 12. The van der Waals surface area contributed by atoms with Gasteiger partial charge in [0.05, 0.1) is 55.9 Å². The standard InChI is InChI=1S/C52H32N6S/c1-3-14-36(15-4-2)56-43-21-11-8-18-40(43)47-49(56)46-41-19-9-12-22-44(41)57(37-16-6-5-7-17-37)50(46)48-42-20-10-13-23-45(42)58(51(47)48)38-24-26-39(27-25-38)59-52-34(31-54)28-33(30-53)29-35(52)32-55/h3-29H,1H2,2H3/b15-4-,36-14+. The summed E-state index contributed by atoms with van der Waals surface area (Å²) in [6, 6.07) is 54.5. The fourth-order valence-electron chi connectivity index (χ4n) is 8.78. The maximum absolute atomic E-state index is 9.98. The van der Waals surface area contributed by atoms with E-state index < -0.39 is 0 Å². The number of rotatable bonds is 7. The molecule has 7 aromatic carbocycles. The van der Waals surface area contributed by atoms with Crippen molar-refractivity contribution in [2.24, 2.45) is 0 Å². The zero-order valence-corrected chi connectivity index (χ0v) is 32.7. The topological polar surface area (TPSA) is 86.2 Å². The number of benzene rings is 7. The molecule has 10 aromatic rings. The smallest absolute Gasteiger partial charge is 0.100 e. The first kappa shape index (κ1) is 35.4. The van der Waals surface area contributed by atoms with Crippen LogP contribution in [0, 0.1) is 34.0 Å². The van der Waals surface area contributed by atoms with Crippen LogP contribution in [0.3, 0.4) is 0 Å². The second kappa shape index (κ2) is 14.2. The summed E-state index contributed by atoms with van der Waals surface area (Å²) in [5, 5.41) is 36.4. The molecule has 0 N–H and O–H groups in total. The molecule has 0 unspecified atom stereocenters. The number of nitriles is 3. The lowest BCUT2D eigenvalue weighted by atomic mass is 10.0. The Labute approximate surface area is 344 Å². The lowest BCUT2D eigenvalue weighted by Gasteiger charge is -2.14. The maximum Gasteiger partial charge on any atom is 0.100 e. The summed E-state index contributed by atoms with van der Waals surface area (Å²) in [5.74, 6) is 0. The van der Waals surface area contributed by atoms with E-state index in [0.29, 0.717) is 16.0 Å². The molecule has 0 fully saturated rings. The third-order valence-corrected chi connectivity index (χ3v) is 12.2. The molecule has 276 valence electrons. The van der Waals surface area contributed by atoms with Crippen LogP contribution >= 0.6 is 11.8 Å². The van der Waals surface area contributed by atoms with Gasteiger partial charge in [0.1, 0.15) is 12.1 Å². The van der Waals surface area contributed by atoms with Crippen LogP contribution in [-0.2, 0) is 0 Å². The van der Waals surface area contributed by atoms with Gasteiger partial charge in [-0.05, 0) is 85.8 Å². The third kappa shape index (κ3) is 5.33. The van der Waals surface area contributed by atoms with E-state index in [1.165, 1.54) is 17.1 Å². The molecule has 0 spiro atoms. The van der Waals surface area contributed by atoms with Crippen molar-refractivity contribution in [2.75, 3.05) is 0 Å². The van der Waals surface area contributed by atoms with Gasteiger partial charge in [-0.3, -0.25) is 0 Å². The summed E-state index contributed by atoms with van der Waals surface area (Å²) in [6.45, 7) is 6.17. The molecular weight excluding hydrogens is 741 g/mol. The Morgan fingerprint density at radius 2 is 1.07 bits per heavy atom. The lowest BCUT2D eigenvalue weighted by molar-refractivity contribution is 1.17. The van der Waals surface area contributed by atoms with Gasteiger partial charge in [-0.1, -0.05) is 103 Å². The highest BCUT2D eigenvalue weighted by molar-refractivity contribution is 7.99. The molecule has 0 aliphatic heterocycles. The predicted molar refractivity (Wildman–Crippen MR) is 242 cm³/mol. The highest BCUT2D eigenvalue weighted by Crippen LogP contribution is 2.50. The lowest BCUT2D eigenvalue weighted by Crippen LogP contribution is -1.98. The quantitative estimate of drug-likeness (QED) is 0.151. The number of hydrogen-bond donors (Lipinski definition) is 0. The molecular formula is C52H32N6S. The predicted octanol–water partition coefficient (Wildman–Crippen LogP) is 13.4. The van der Waals surface area contributed by atoms with Gasteiger partial charge in [-0.25, -0.2) is 0 Å². The van der Waals surface area contributed by atoms with Crippen molar-refractivity contribution in [3.63, 3.8) is 0 Å². The van der Waals surface area contributed by atoms with Crippen LogP contribution in [0.2, 0.25) is 0 Å². The fourth-order valence-corrected chi connectivity index (χ4v) is 9.71. The van der Waals surface area contributed by atoms with Crippen molar-refractivity contribution in [2.45, 2.75) is 16.7 Å². The zero-order chi connectivity index (χ0) is 40.2. The van der Waals surface area contributed by atoms with Crippen LogP contribution in [-0.4, -0.2) is 13.7 Å². The summed E-state index contributed by atoms with van der Waals surface area (Å²) in [5.41, 5.74) is 10.5. The highest BCUT2D eigenvalue weighted by atomic mass is 32.2. The van der Waals surface area contributed by atoms with E-state index in [-0.39, 0.29) is 5.56 Å². The molecule has 0 bridgehead atoms. The van der Waals surface area contributed by atoms with E-state index >= 15 is 0 Å². The summed E-state index contributed by atoms with van der Waals surface area (Å²) in [4.78, 5) is 1.40. The van der Waals surface area contributed by atoms with Crippen LogP contribution in [0.4, 0.5) is 0 Å². The number of para-hydroxylation sites is 4. The number of nitrogens with zero attached hydrogens (tertiary/aromatic N) is 6. The van der Waals surface area contributed by atoms with Crippen molar-refractivity contribution in [3.8, 4) is 29.6 Å². The Morgan fingerprint density at radius 1 is 0.576 bits per heavy atom. The van der Waals surface area contributed by atoms with Crippen LogP contribution < -0.4 is 0 Å². The SMILES string of the molecule is C=C/C=C(\C=C/C)n1c2ccccc2c2c1c1c3ccccc3n(-c3ccccc3)c1c1c3ccccc3n(-c3ccc(Sc4c(C#N)cc(C#N)cc4C#N)cc3)c21. The van der Waals surface area contributed by atoms with Gasteiger partial charge in [-0.2, -0.15) is 15.8 Å². The van der Waals surface area contributed by atoms with E-state index in [1.807, 2.05) is 25.1 Å². The van der Waals surface area contributed by atoms with E-state index in [2.05, 4.69) is 172 Å². The number of aromatic nitrogens is 3. The third-order valence-electron chi connectivity index (χ3n) is 11.0. The Kier molecular flexibility index (Phi) is 8.50. The first-order chi connectivity index (χ1) is 29.1. The monoisotopic (exact) mass is 772 g/mol. The van der Waals surface area contributed by atoms with Crippen LogP contribution in [0.15, 0.2) is 180 Å². The summed E-state index contributed by atoms with van der Waals surface area (Å²) in [7, 11) is 0. The molecule has 7 heteroatoms. The molecule has 59 heavy (non-hydrogen) atoms. The Balaban J connectivity index is 1.38. The Bertz CT molecular complexity index is 3540. The second-order valence-corrected chi connectivity index (χ2v) is 15.3. The zero-order valence-electron chi connectivity index (χ0n) is 31.9. The first-order valence-corrected chi connectivity index (χ1v) is 20.0. The molecule has 0 saturated heterocycles. The minimum absolute atomic E-state index is 0.287. The average Bonchev–Trinajstić information content (AvgIpc) is 3.93. The van der Waals surface area contributed by atoms with Gasteiger partial charge in [0, 0.05) is 59.2 Å². The minimum Gasteiger partial charge on any atom is -0.308 e. The summed E-state index contributed by atoms with van der Waals surface area (Å²) in [6.07, 6.45) is 8.15. The van der Waals surface area contributed by atoms with Crippen molar-refractivity contribution >= 4 is 82.9 Å². The van der Waals surface area contributed by atoms with Crippen LogP contribution in [0.1, 0.15) is 23.6 Å². The molecule has 0 radical (unpaired) electrons. The Morgan fingerprint density at radius 3 is 1.59 bits per heavy atom. The van der Waals surface area contributed by atoms with E-state index in [1.54, 1.807) is 12.1 Å². The summed E-state index contributed by atoms with van der Waals surface area (Å²) < 4.78 is 7.21. The summed E-state index contributed by atoms with van der Waals surface area (Å²) >= 11 is 1.36. The van der Waals surface area contributed by atoms with E-state index in [9.17, 15) is 15.8 Å². The van der Waals surface area contributed by atoms with Crippen LogP contribution in [0.5, 0.6) is 0 Å². The molecule has 0 amide bonds. The average molecular weight is 773 g/mol. The molecule has 10 rings (SSSR count). The molecule has 0 atom stereocenters. The molecule has 0 aliphatic carbocycles. The van der Waals surface area contributed by atoms with Crippen molar-refractivity contribution in [3.05, 3.63) is 187 Å². The fraction of sp³-hybridized carbons (Fsp3) is 0.0192. The highest BCUT2D eigenvalue weighted by Gasteiger charge is 2.28. The van der Waals surface area contributed by atoms with Gasteiger partial charge in [0.2, 0.25) is 0 Å². The van der Waals surface area contributed by atoms with Crippen LogP contribution in [0.25, 0.3) is 82.5 Å². The maximum atomic E-state index is 9.98. The van der Waals surface area contributed by atoms with Crippen molar-refractivity contribution in [1.82, 2.24) is 13.7 Å². The van der Waals surface area contributed by atoms with E-state index in [4.69, 9.17) is 0 Å². The van der Waals surface area contributed by atoms with Gasteiger partial charge in [-0.15, -0.1) is 0 Å². The normalized spacial score (nSPS) is 11.9. The molecule has 6 nitrogen and oxygen atoms in total. The van der Waals surface area contributed by atoms with Crippen molar-refractivity contribution in [1.29, 1.82) is 15.8 Å². The van der Waals surface area contributed by atoms with Gasteiger partial charge < -0.3 is 13.7 Å².